The minimum atomic E-state index is -0.184. The van der Waals surface area contributed by atoms with Crippen LogP contribution in [-0.4, -0.2) is 44.8 Å². The number of ether oxygens (including phenoxy) is 3. The predicted octanol–water partition coefficient (Wildman–Crippen LogP) is 10.7. The lowest BCUT2D eigenvalue weighted by atomic mass is 10.1. The van der Waals surface area contributed by atoms with Gasteiger partial charge in [-0.15, -0.1) is 0 Å². The summed E-state index contributed by atoms with van der Waals surface area (Å²) in [6.45, 7) is 10.9. The average molecular weight is 658 g/mol. The number of carbonyl (C=O) groups is 2. The number of azo groups is 2. The van der Waals surface area contributed by atoms with E-state index in [4.69, 9.17) is 14.2 Å². The Morgan fingerprint density at radius 1 is 0.646 bits per heavy atom. The van der Waals surface area contributed by atoms with E-state index in [0.717, 1.165) is 91.2 Å². The van der Waals surface area contributed by atoms with Gasteiger partial charge in [0.1, 0.15) is 12.4 Å². The van der Waals surface area contributed by atoms with Gasteiger partial charge in [-0.25, -0.2) is 0 Å². The molecular formula is C38H51N5O5. The lowest BCUT2D eigenvalue weighted by Crippen LogP contribution is -2.27. The van der Waals surface area contributed by atoms with Gasteiger partial charge >= 0.3 is 11.9 Å². The average Bonchev–Trinajstić information content (AvgIpc) is 3.10. The molecule has 10 heteroatoms. The first kappa shape index (κ1) is 37.9. The highest BCUT2D eigenvalue weighted by atomic mass is 16.5. The quantitative estimate of drug-likeness (QED) is 0.0603. The number of anilines is 1. The van der Waals surface area contributed by atoms with E-state index in [0.29, 0.717) is 39.2 Å². The van der Waals surface area contributed by atoms with E-state index in [1.165, 1.54) is 0 Å². The third-order valence-electron chi connectivity index (χ3n) is 7.61. The van der Waals surface area contributed by atoms with E-state index in [-0.39, 0.29) is 11.9 Å². The predicted molar refractivity (Wildman–Crippen MR) is 191 cm³/mol. The fraction of sp³-hybridized carbons (Fsp3) is 0.474. The zero-order valence-corrected chi connectivity index (χ0v) is 29.0. The zero-order valence-electron chi connectivity index (χ0n) is 29.0. The van der Waals surface area contributed by atoms with Gasteiger partial charge in [0.05, 0.1) is 42.5 Å². The first-order valence-corrected chi connectivity index (χ1v) is 17.2. The molecule has 0 unspecified atom stereocenters. The molecule has 0 bridgehead atoms. The normalized spacial score (nSPS) is 11.2. The van der Waals surface area contributed by atoms with Crippen molar-refractivity contribution >= 4 is 40.4 Å². The van der Waals surface area contributed by atoms with Crippen molar-refractivity contribution in [3.63, 3.8) is 0 Å². The molecule has 3 aromatic rings. The number of benzene rings is 3. The molecule has 0 amide bonds. The van der Waals surface area contributed by atoms with Crippen molar-refractivity contribution < 1.29 is 23.8 Å². The number of aryl methyl sites for hydroxylation is 1. The molecular weight excluding hydrogens is 606 g/mol. The molecule has 0 fully saturated rings. The lowest BCUT2D eigenvalue weighted by Gasteiger charge is -2.23. The Bertz CT molecular complexity index is 1440. The minimum absolute atomic E-state index is 0.0860. The summed E-state index contributed by atoms with van der Waals surface area (Å²) in [5.41, 5.74) is 5.03. The van der Waals surface area contributed by atoms with Crippen molar-refractivity contribution in [2.24, 2.45) is 20.5 Å². The van der Waals surface area contributed by atoms with Gasteiger partial charge in [-0.2, -0.15) is 20.5 Å². The number of carbonyl (C=O) groups excluding carboxylic acids is 2. The summed E-state index contributed by atoms with van der Waals surface area (Å²) in [4.78, 5) is 24.9. The highest BCUT2D eigenvalue weighted by Crippen LogP contribution is 2.28. The summed E-state index contributed by atoms with van der Waals surface area (Å²) in [7, 11) is 0. The maximum Gasteiger partial charge on any atom is 0.305 e. The monoisotopic (exact) mass is 657 g/mol. The van der Waals surface area contributed by atoms with Crippen LogP contribution < -0.4 is 9.64 Å². The number of hydrogen-bond acceptors (Lipinski definition) is 10. The lowest BCUT2D eigenvalue weighted by molar-refractivity contribution is -0.144. The third kappa shape index (κ3) is 14.4. The van der Waals surface area contributed by atoms with Crippen LogP contribution in [-0.2, 0) is 19.1 Å². The van der Waals surface area contributed by atoms with Gasteiger partial charge in [0, 0.05) is 25.1 Å². The second-order valence-corrected chi connectivity index (χ2v) is 11.5. The van der Waals surface area contributed by atoms with E-state index in [1.807, 2.05) is 74.5 Å². The fourth-order valence-electron chi connectivity index (χ4n) is 4.78. The summed E-state index contributed by atoms with van der Waals surface area (Å²) in [6, 6.07) is 21.1. The summed E-state index contributed by atoms with van der Waals surface area (Å²) in [6.07, 6.45) is 8.18. The van der Waals surface area contributed by atoms with Crippen molar-refractivity contribution in [3.8, 4) is 5.75 Å². The summed E-state index contributed by atoms with van der Waals surface area (Å²) in [5, 5.41) is 17.5. The fourth-order valence-corrected chi connectivity index (χ4v) is 4.78. The van der Waals surface area contributed by atoms with Crippen LogP contribution in [0.4, 0.5) is 28.4 Å². The van der Waals surface area contributed by atoms with Crippen molar-refractivity contribution in [1.82, 2.24) is 0 Å². The molecule has 0 aliphatic rings. The summed E-state index contributed by atoms with van der Waals surface area (Å²) in [5.74, 6) is 0.550. The van der Waals surface area contributed by atoms with Crippen molar-refractivity contribution in [2.45, 2.75) is 85.5 Å². The zero-order chi connectivity index (χ0) is 34.4. The van der Waals surface area contributed by atoms with Crippen LogP contribution in [0.3, 0.4) is 0 Å². The molecule has 0 atom stereocenters. The van der Waals surface area contributed by atoms with Crippen LogP contribution in [0.1, 0.15) is 84.1 Å². The topological polar surface area (TPSA) is 115 Å². The van der Waals surface area contributed by atoms with Crippen LogP contribution in [0.15, 0.2) is 87.2 Å². The number of esters is 2. The SMILES string of the molecule is CCCC(=O)OCCCCCCCCOc1ccc(N=Nc2ccc(N=Nc3ccc(N(CC)CCOC(=O)CC)cc3C)cc2)cc1. The molecule has 0 heterocycles. The number of rotatable bonds is 22. The molecule has 0 aliphatic carbocycles. The highest BCUT2D eigenvalue weighted by Gasteiger charge is 2.08. The number of nitrogens with zero attached hydrogens (tertiary/aromatic N) is 5. The number of hydrogen-bond donors (Lipinski definition) is 0. The Balaban J connectivity index is 1.37. The van der Waals surface area contributed by atoms with Crippen LogP contribution in [0.5, 0.6) is 5.75 Å². The molecule has 48 heavy (non-hydrogen) atoms. The molecule has 258 valence electrons. The van der Waals surface area contributed by atoms with Gasteiger partial charge in [-0.1, -0.05) is 39.5 Å². The highest BCUT2D eigenvalue weighted by molar-refractivity contribution is 5.69. The second-order valence-electron chi connectivity index (χ2n) is 11.5. The van der Waals surface area contributed by atoms with Gasteiger partial charge in [0.2, 0.25) is 0 Å². The smallest absolute Gasteiger partial charge is 0.305 e. The Kier molecular flexibility index (Phi) is 17.4. The van der Waals surface area contributed by atoms with E-state index >= 15 is 0 Å². The molecule has 0 aromatic heterocycles. The van der Waals surface area contributed by atoms with Crippen molar-refractivity contribution in [2.75, 3.05) is 37.8 Å². The van der Waals surface area contributed by atoms with Gasteiger partial charge in [-0.3, -0.25) is 9.59 Å². The molecule has 0 saturated carbocycles. The van der Waals surface area contributed by atoms with Crippen molar-refractivity contribution in [3.05, 3.63) is 72.3 Å². The van der Waals surface area contributed by atoms with E-state index < -0.39 is 0 Å². The van der Waals surface area contributed by atoms with Gasteiger partial charge in [0.15, 0.2) is 0 Å². The number of likely N-dealkylation sites (N-methyl/N-ethyl adjacent to an activating group) is 1. The van der Waals surface area contributed by atoms with E-state index in [1.54, 1.807) is 6.92 Å². The molecule has 0 N–H and O–H groups in total. The van der Waals surface area contributed by atoms with Gasteiger partial charge in [0.25, 0.3) is 0 Å². The largest absolute Gasteiger partial charge is 0.494 e. The third-order valence-corrected chi connectivity index (χ3v) is 7.61. The summed E-state index contributed by atoms with van der Waals surface area (Å²) < 4.78 is 16.3. The van der Waals surface area contributed by atoms with Crippen LogP contribution in [0.25, 0.3) is 0 Å². The maximum atomic E-state index is 11.4. The molecule has 3 rings (SSSR count). The van der Waals surface area contributed by atoms with Gasteiger partial charge in [-0.05, 0) is 105 Å². The molecule has 0 spiro atoms. The molecule has 0 radical (unpaired) electrons. The van der Waals surface area contributed by atoms with Crippen LogP contribution >= 0.6 is 0 Å². The van der Waals surface area contributed by atoms with Crippen LogP contribution in [0.2, 0.25) is 0 Å². The molecule has 0 saturated heterocycles. The molecule has 10 nitrogen and oxygen atoms in total. The van der Waals surface area contributed by atoms with E-state index in [2.05, 4.69) is 38.3 Å². The summed E-state index contributed by atoms with van der Waals surface area (Å²) >= 11 is 0. The van der Waals surface area contributed by atoms with E-state index in [9.17, 15) is 9.59 Å². The Morgan fingerprint density at radius 3 is 1.79 bits per heavy atom. The Morgan fingerprint density at radius 2 is 1.21 bits per heavy atom. The minimum Gasteiger partial charge on any atom is -0.494 e. The number of unbranched alkanes of at least 4 members (excludes halogenated alkanes) is 5. The standard InChI is InChI=1S/C38H51N5O5/c1-5-14-38(45)47-27-13-11-9-8-10-12-26-46-35-22-19-33(20-23-35)40-39-31-15-17-32(18-16-31)41-42-36-24-21-34(29-30(36)4)43(7-3)25-28-48-37(44)6-2/h15-24,29H,5-14,25-28H2,1-4H3. The van der Waals surface area contributed by atoms with Gasteiger partial charge < -0.3 is 19.1 Å². The first-order chi connectivity index (χ1) is 23.4. The first-order valence-electron chi connectivity index (χ1n) is 17.2. The molecule has 3 aromatic carbocycles. The molecule has 0 aliphatic heterocycles. The maximum absolute atomic E-state index is 11.4. The Labute approximate surface area is 285 Å². The van der Waals surface area contributed by atoms with Crippen LogP contribution in [0, 0.1) is 6.92 Å². The second kappa shape index (κ2) is 22.1. The van der Waals surface area contributed by atoms with Crippen molar-refractivity contribution in [1.29, 1.82) is 0 Å². The Hall–Kier alpha value is -4.60.